The monoisotopic (exact) mass is 409 g/mol. The summed E-state index contributed by atoms with van der Waals surface area (Å²) in [6.07, 6.45) is 6.04. The summed E-state index contributed by atoms with van der Waals surface area (Å²) in [7, 11) is 0. The Morgan fingerprint density at radius 2 is 2.11 bits per heavy atom. The Morgan fingerprint density at radius 1 is 1.25 bits per heavy atom. The molecule has 2 aliphatic rings. The van der Waals surface area contributed by atoms with Gasteiger partial charge in [-0.15, -0.1) is 11.3 Å². The van der Waals surface area contributed by atoms with E-state index in [0.29, 0.717) is 5.75 Å². The standard InChI is InChI=1S/C22H23N3OS2/c1-13-7-8-16-18(9-13)28-22-20(16)21(23-12-24-22)27-11-19(26)25-14(2)10-15-5-3-4-6-17(15)25/h3-6,12-14H,7-11H2,1-2H3/t13-,14+/m0/s1. The number of thioether (sulfide) groups is 1. The summed E-state index contributed by atoms with van der Waals surface area (Å²) < 4.78 is 0. The minimum absolute atomic E-state index is 0.159. The number of thiophene rings is 1. The highest BCUT2D eigenvalue weighted by atomic mass is 32.2. The molecule has 2 aromatic heterocycles. The topological polar surface area (TPSA) is 46.1 Å². The minimum atomic E-state index is 0.159. The second-order valence-corrected chi connectivity index (χ2v) is 9.99. The molecule has 28 heavy (non-hydrogen) atoms. The number of hydrogen-bond acceptors (Lipinski definition) is 5. The number of hydrogen-bond donors (Lipinski definition) is 0. The molecule has 0 N–H and O–H groups in total. The van der Waals surface area contributed by atoms with E-state index in [1.54, 1.807) is 18.1 Å². The lowest BCUT2D eigenvalue weighted by Gasteiger charge is -2.22. The number of rotatable bonds is 3. The quantitative estimate of drug-likeness (QED) is 0.457. The van der Waals surface area contributed by atoms with E-state index in [9.17, 15) is 4.79 Å². The molecule has 4 nitrogen and oxygen atoms in total. The van der Waals surface area contributed by atoms with Gasteiger partial charge in [0.15, 0.2) is 0 Å². The minimum Gasteiger partial charge on any atom is -0.308 e. The summed E-state index contributed by atoms with van der Waals surface area (Å²) >= 11 is 3.37. The second-order valence-electron chi connectivity index (χ2n) is 7.95. The van der Waals surface area contributed by atoms with Gasteiger partial charge in [0.05, 0.1) is 5.75 Å². The molecule has 0 saturated heterocycles. The van der Waals surface area contributed by atoms with Gasteiger partial charge in [-0.25, -0.2) is 9.97 Å². The largest absolute Gasteiger partial charge is 0.308 e. The van der Waals surface area contributed by atoms with E-state index in [1.807, 2.05) is 28.4 Å². The van der Waals surface area contributed by atoms with Crippen molar-refractivity contribution in [3.8, 4) is 0 Å². The van der Waals surface area contributed by atoms with Crippen molar-refractivity contribution in [3.05, 3.63) is 46.6 Å². The third kappa shape index (κ3) is 3.03. The van der Waals surface area contributed by atoms with Crippen LogP contribution in [0.2, 0.25) is 0 Å². The van der Waals surface area contributed by atoms with Gasteiger partial charge in [-0.05, 0) is 55.7 Å². The summed E-state index contributed by atoms with van der Waals surface area (Å²) in [5.41, 5.74) is 3.75. The zero-order chi connectivity index (χ0) is 19.3. The smallest absolute Gasteiger partial charge is 0.237 e. The summed E-state index contributed by atoms with van der Waals surface area (Å²) in [5.74, 6) is 1.31. The van der Waals surface area contributed by atoms with Gasteiger partial charge in [-0.1, -0.05) is 36.9 Å². The maximum atomic E-state index is 13.1. The third-order valence-electron chi connectivity index (χ3n) is 5.87. The highest BCUT2D eigenvalue weighted by Gasteiger charge is 2.31. The van der Waals surface area contributed by atoms with Gasteiger partial charge < -0.3 is 4.90 Å². The molecule has 1 aliphatic heterocycles. The molecule has 0 bridgehead atoms. The lowest BCUT2D eigenvalue weighted by Crippen LogP contribution is -2.37. The Bertz CT molecular complexity index is 1060. The molecule has 1 aliphatic carbocycles. The van der Waals surface area contributed by atoms with E-state index in [-0.39, 0.29) is 11.9 Å². The maximum Gasteiger partial charge on any atom is 0.237 e. The Labute approximate surface area is 173 Å². The van der Waals surface area contributed by atoms with Gasteiger partial charge in [0.2, 0.25) is 5.91 Å². The number of benzene rings is 1. The predicted molar refractivity (Wildman–Crippen MR) is 116 cm³/mol. The molecule has 3 aromatic rings. The molecule has 144 valence electrons. The van der Waals surface area contributed by atoms with Crippen molar-refractivity contribution in [3.63, 3.8) is 0 Å². The van der Waals surface area contributed by atoms with E-state index < -0.39 is 0 Å². The summed E-state index contributed by atoms with van der Waals surface area (Å²) in [6, 6.07) is 8.45. The normalized spacial score (nSPS) is 21.0. The van der Waals surface area contributed by atoms with Crippen LogP contribution in [0.3, 0.4) is 0 Å². The first-order valence-corrected chi connectivity index (χ1v) is 11.7. The van der Waals surface area contributed by atoms with Crippen LogP contribution in [-0.2, 0) is 24.1 Å². The summed E-state index contributed by atoms with van der Waals surface area (Å²) in [5, 5.41) is 2.16. The van der Waals surface area contributed by atoms with Gasteiger partial charge in [0.1, 0.15) is 16.2 Å². The van der Waals surface area contributed by atoms with E-state index in [4.69, 9.17) is 0 Å². The first-order chi connectivity index (χ1) is 13.6. The van der Waals surface area contributed by atoms with Crippen LogP contribution in [0, 0.1) is 5.92 Å². The second kappa shape index (κ2) is 7.16. The number of fused-ring (bicyclic) bond motifs is 4. The lowest BCUT2D eigenvalue weighted by atomic mass is 9.89. The number of anilines is 1. The number of nitrogens with zero attached hydrogens (tertiary/aromatic N) is 3. The van der Waals surface area contributed by atoms with Crippen LogP contribution < -0.4 is 4.90 Å². The van der Waals surface area contributed by atoms with Crippen molar-refractivity contribution in [2.45, 2.75) is 50.6 Å². The summed E-state index contributed by atoms with van der Waals surface area (Å²) in [4.78, 5) is 26.6. The van der Waals surface area contributed by atoms with Crippen LogP contribution in [-0.4, -0.2) is 27.7 Å². The van der Waals surface area contributed by atoms with Crippen molar-refractivity contribution >= 4 is 44.9 Å². The van der Waals surface area contributed by atoms with Crippen LogP contribution in [0.4, 0.5) is 5.69 Å². The average molecular weight is 410 g/mol. The van der Waals surface area contributed by atoms with Gasteiger partial charge in [-0.3, -0.25) is 4.79 Å². The van der Waals surface area contributed by atoms with E-state index >= 15 is 0 Å². The Balaban J connectivity index is 1.40. The third-order valence-corrected chi connectivity index (χ3v) is 8.00. The zero-order valence-electron chi connectivity index (χ0n) is 16.1. The maximum absolute atomic E-state index is 13.1. The first-order valence-electron chi connectivity index (χ1n) is 9.90. The predicted octanol–water partition coefficient (Wildman–Crippen LogP) is 4.89. The highest BCUT2D eigenvalue weighted by molar-refractivity contribution is 8.00. The first kappa shape index (κ1) is 18.1. The molecule has 0 spiro atoms. The SMILES string of the molecule is C[C@H]1CCc2c(sc3ncnc(SCC(=O)N4c5ccccc5C[C@H]4C)c23)C1. The molecular weight excluding hydrogens is 386 g/mol. The van der Waals surface area contributed by atoms with Crippen LogP contribution in [0.15, 0.2) is 35.6 Å². The Morgan fingerprint density at radius 3 is 3.00 bits per heavy atom. The van der Waals surface area contributed by atoms with Crippen molar-refractivity contribution in [1.29, 1.82) is 0 Å². The van der Waals surface area contributed by atoms with Crippen molar-refractivity contribution < 1.29 is 4.79 Å². The van der Waals surface area contributed by atoms with E-state index in [1.165, 1.54) is 27.8 Å². The van der Waals surface area contributed by atoms with Crippen molar-refractivity contribution in [2.24, 2.45) is 5.92 Å². The molecule has 5 rings (SSSR count). The fourth-order valence-corrected chi connectivity index (χ4v) is 6.80. The van der Waals surface area contributed by atoms with Crippen molar-refractivity contribution in [2.75, 3.05) is 10.7 Å². The zero-order valence-corrected chi connectivity index (χ0v) is 17.8. The van der Waals surface area contributed by atoms with Crippen molar-refractivity contribution in [1.82, 2.24) is 9.97 Å². The molecule has 0 unspecified atom stereocenters. The fraction of sp³-hybridized carbons (Fsp3) is 0.409. The molecule has 1 aromatic carbocycles. The van der Waals surface area contributed by atoms with E-state index in [2.05, 4.69) is 35.9 Å². The molecule has 0 saturated carbocycles. The molecule has 0 fully saturated rings. The molecule has 2 atom stereocenters. The number of carbonyl (C=O) groups excluding carboxylic acids is 1. The fourth-order valence-electron chi connectivity index (χ4n) is 4.50. The van der Waals surface area contributed by atoms with Crippen LogP contribution >= 0.6 is 23.1 Å². The molecule has 1 amide bonds. The van der Waals surface area contributed by atoms with Gasteiger partial charge in [0, 0.05) is 22.0 Å². The van der Waals surface area contributed by atoms with Gasteiger partial charge >= 0.3 is 0 Å². The molecular formula is C22H23N3OS2. The van der Waals surface area contributed by atoms with Gasteiger partial charge in [0.25, 0.3) is 0 Å². The molecule has 6 heteroatoms. The van der Waals surface area contributed by atoms with E-state index in [0.717, 1.165) is 40.7 Å². The number of para-hydroxylation sites is 1. The molecule has 0 radical (unpaired) electrons. The van der Waals surface area contributed by atoms with Crippen LogP contribution in [0.5, 0.6) is 0 Å². The summed E-state index contributed by atoms with van der Waals surface area (Å²) in [6.45, 7) is 4.45. The lowest BCUT2D eigenvalue weighted by molar-refractivity contribution is -0.116. The van der Waals surface area contributed by atoms with Gasteiger partial charge in [-0.2, -0.15) is 0 Å². The number of aryl methyl sites for hydroxylation is 1. The molecule has 3 heterocycles. The Hall–Kier alpha value is -1.92. The number of carbonyl (C=O) groups is 1. The number of amides is 1. The van der Waals surface area contributed by atoms with Crippen LogP contribution in [0.25, 0.3) is 10.2 Å². The highest BCUT2D eigenvalue weighted by Crippen LogP contribution is 2.41. The number of aromatic nitrogens is 2. The Kier molecular flexibility index (Phi) is 4.63. The van der Waals surface area contributed by atoms with Crippen LogP contribution in [0.1, 0.15) is 36.3 Å². The average Bonchev–Trinajstić information content (AvgIpc) is 3.22.